The van der Waals surface area contributed by atoms with Gasteiger partial charge in [0.2, 0.25) is 0 Å². The Bertz CT molecular complexity index is 632. The summed E-state index contributed by atoms with van der Waals surface area (Å²) in [5, 5.41) is 18.2. The zero-order chi connectivity index (χ0) is 15.2. The number of H-pyrrole nitrogens is 1. The molecule has 6 nitrogen and oxygen atoms in total. The Morgan fingerprint density at radius 3 is 2.48 bits per heavy atom. The van der Waals surface area contributed by atoms with Crippen molar-refractivity contribution in [1.82, 2.24) is 15.5 Å². The van der Waals surface area contributed by atoms with Crippen molar-refractivity contribution in [3.63, 3.8) is 0 Å². The van der Waals surface area contributed by atoms with Gasteiger partial charge in [-0.2, -0.15) is 5.10 Å². The minimum Gasteiger partial charge on any atom is -0.481 e. The molecule has 1 aromatic heterocycles. The summed E-state index contributed by atoms with van der Waals surface area (Å²) in [5.41, 5.74) is 2.92. The van der Waals surface area contributed by atoms with Gasteiger partial charge < -0.3 is 10.4 Å². The Morgan fingerprint density at radius 2 is 1.90 bits per heavy atom. The highest BCUT2D eigenvalue weighted by atomic mass is 16.4. The first-order valence-corrected chi connectivity index (χ1v) is 6.70. The fourth-order valence-corrected chi connectivity index (χ4v) is 1.88. The van der Waals surface area contributed by atoms with Gasteiger partial charge in [0.25, 0.3) is 5.91 Å². The predicted octanol–water partition coefficient (Wildman–Crippen LogP) is 1.53. The van der Waals surface area contributed by atoms with Gasteiger partial charge in [0.15, 0.2) is 0 Å². The van der Waals surface area contributed by atoms with Crippen LogP contribution in [-0.4, -0.2) is 27.2 Å². The van der Waals surface area contributed by atoms with Gasteiger partial charge in [-0.1, -0.05) is 31.2 Å². The minimum atomic E-state index is -0.860. The Balaban J connectivity index is 1.90. The molecule has 0 bridgehead atoms. The first kappa shape index (κ1) is 14.8. The summed E-state index contributed by atoms with van der Waals surface area (Å²) in [6, 6.07) is 8.84. The van der Waals surface area contributed by atoms with E-state index in [1.165, 1.54) is 0 Å². The van der Waals surface area contributed by atoms with E-state index in [4.69, 9.17) is 5.11 Å². The van der Waals surface area contributed by atoms with Crippen molar-refractivity contribution in [2.45, 2.75) is 26.3 Å². The van der Waals surface area contributed by atoms with Crippen LogP contribution < -0.4 is 5.32 Å². The lowest BCUT2D eigenvalue weighted by Gasteiger charge is -2.04. The first-order valence-electron chi connectivity index (χ1n) is 6.70. The Labute approximate surface area is 122 Å². The van der Waals surface area contributed by atoms with Crippen molar-refractivity contribution >= 4 is 11.9 Å². The number of carbonyl (C=O) groups is 2. The third kappa shape index (κ3) is 4.17. The molecule has 2 aromatic rings. The SMILES string of the molecule is CCc1cc(C(=O)NCc2ccc(CC(=O)O)cc2)n[nH]1. The number of amides is 1. The van der Waals surface area contributed by atoms with Gasteiger partial charge in [-0.3, -0.25) is 14.7 Å². The average molecular weight is 287 g/mol. The standard InChI is InChI=1S/C15H17N3O3/c1-2-12-8-13(18-17-12)15(21)16-9-11-5-3-10(4-6-11)7-14(19)20/h3-6,8H,2,7,9H2,1H3,(H,16,21)(H,17,18)(H,19,20). The van der Waals surface area contributed by atoms with Crippen LogP contribution in [0.5, 0.6) is 0 Å². The fraction of sp³-hybridized carbons (Fsp3) is 0.267. The molecular formula is C15H17N3O3. The third-order valence-electron chi connectivity index (χ3n) is 3.08. The van der Waals surface area contributed by atoms with Crippen molar-refractivity contribution in [1.29, 1.82) is 0 Å². The van der Waals surface area contributed by atoms with E-state index in [2.05, 4.69) is 15.5 Å². The van der Waals surface area contributed by atoms with E-state index in [0.717, 1.165) is 23.2 Å². The van der Waals surface area contributed by atoms with Crippen LogP contribution in [0, 0.1) is 0 Å². The number of carboxylic acid groups (broad SMARTS) is 1. The average Bonchev–Trinajstić information content (AvgIpc) is 2.94. The van der Waals surface area contributed by atoms with Crippen molar-refractivity contribution in [3.05, 3.63) is 52.8 Å². The molecule has 21 heavy (non-hydrogen) atoms. The van der Waals surface area contributed by atoms with Crippen LogP contribution in [0.25, 0.3) is 0 Å². The normalized spacial score (nSPS) is 10.3. The molecule has 3 N–H and O–H groups in total. The third-order valence-corrected chi connectivity index (χ3v) is 3.08. The second-order valence-corrected chi connectivity index (χ2v) is 4.70. The summed E-state index contributed by atoms with van der Waals surface area (Å²) in [5.74, 6) is -1.10. The van der Waals surface area contributed by atoms with Crippen molar-refractivity contribution < 1.29 is 14.7 Å². The topological polar surface area (TPSA) is 95.1 Å². The second kappa shape index (κ2) is 6.69. The molecule has 6 heteroatoms. The highest BCUT2D eigenvalue weighted by Crippen LogP contribution is 2.06. The van der Waals surface area contributed by atoms with E-state index in [1.54, 1.807) is 30.3 Å². The number of aromatic nitrogens is 2. The molecule has 1 amide bonds. The lowest BCUT2D eigenvalue weighted by molar-refractivity contribution is -0.136. The van der Waals surface area contributed by atoms with Crippen LogP contribution in [0.15, 0.2) is 30.3 Å². The maximum atomic E-state index is 11.9. The van der Waals surface area contributed by atoms with Crippen molar-refractivity contribution in [3.8, 4) is 0 Å². The molecule has 0 spiro atoms. The molecule has 0 aliphatic rings. The Kier molecular flexibility index (Phi) is 4.71. The van der Waals surface area contributed by atoms with E-state index in [9.17, 15) is 9.59 Å². The monoisotopic (exact) mass is 287 g/mol. The molecule has 0 saturated carbocycles. The molecule has 0 atom stereocenters. The Hall–Kier alpha value is -2.63. The van der Waals surface area contributed by atoms with E-state index in [1.807, 2.05) is 6.92 Å². The molecule has 0 fully saturated rings. The van der Waals surface area contributed by atoms with Crippen molar-refractivity contribution in [2.75, 3.05) is 0 Å². The molecule has 0 radical (unpaired) electrons. The van der Waals surface area contributed by atoms with Gasteiger partial charge in [-0.25, -0.2) is 0 Å². The zero-order valence-electron chi connectivity index (χ0n) is 11.7. The highest BCUT2D eigenvalue weighted by Gasteiger charge is 2.09. The molecule has 0 unspecified atom stereocenters. The number of hydrogen-bond donors (Lipinski definition) is 3. The van der Waals surface area contributed by atoms with Crippen LogP contribution in [0.4, 0.5) is 0 Å². The second-order valence-electron chi connectivity index (χ2n) is 4.70. The van der Waals surface area contributed by atoms with E-state index in [0.29, 0.717) is 12.2 Å². The summed E-state index contributed by atoms with van der Waals surface area (Å²) in [7, 11) is 0. The predicted molar refractivity (Wildman–Crippen MR) is 76.9 cm³/mol. The van der Waals surface area contributed by atoms with Gasteiger partial charge in [-0.15, -0.1) is 0 Å². The summed E-state index contributed by atoms with van der Waals surface area (Å²) in [6.07, 6.45) is 0.797. The van der Waals surface area contributed by atoms with Gasteiger partial charge >= 0.3 is 5.97 Å². The van der Waals surface area contributed by atoms with Gasteiger partial charge in [0, 0.05) is 12.2 Å². The molecule has 1 aromatic carbocycles. The van der Waals surface area contributed by atoms with E-state index in [-0.39, 0.29) is 12.3 Å². The number of rotatable bonds is 6. The molecule has 0 aliphatic heterocycles. The molecule has 110 valence electrons. The fourth-order valence-electron chi connectivity index (χ4n) is 1.88. The smallest absolute Gasteiger partial charge is 0.307 e. The van der Waals surface area contributed by atoms with Gasteiger partial charge in [0.05, 0.1) is 6.42 Å². The van der Waals surface area contributed by atoms with Gasteiger partial charge in [0.1, 0.15) is 5.69 Å². The number of nitrogens with zero attached hydrogens (tertiary/aromatic N) is 1. The molecule has 2 rings (SSSR count). The molecule has 0 saturated heterocycles. The number of carbonyl (C=O) groups excluding carboxylic acids is 1. The number of aromatic amines is 1. The highest BCUT2D eigenvalue weighted by molar-refractivity contribution is 5.92. The van der Waals surface area contributed by atoms with Crippen LogP contribution in [0.3, 0.4) is 0 Å². The van der Waals surface area contributed by atoms with Crippen molar-refractivity contribution in [2.24, 2.45) is 0 Å². The van der Waals surface area contributed by atoms with E-state index >= 15 is 0 Å². The zero-order valence-corrected chi connectivity index (χ0v) is 11.7. The maximum absolute atomic E-state index is 11.9. The summed E-state index contributed by atoms with van der Waals surface area (Å²) < 4.78 is 0. The summed E-state index contributed by atoms with van der Waals surface area (Å²) >= 11 is 0. The number of aryl methyl sites for hydroxylation is 1. The summed E-state index contributed by atoms with van der Waals surface area (Å²) in [6.45, 7) is 2.36. The number of benzene rings is 1. The van der Waals surface area contributed by atoms with Gasteiger partial charge in [-0.05, 0) is 23.6 Å². The molecule has 1 heterocycles. The lowest BCUT2D eigenvalue weighted by Crippen LogP contribution is -2.23. The van der Waals surface area contributed by atoms with Crippen LogP contribution in [-0.2, 0) is 24.2 Å². The first-order chi connectivity index (χ1) is 10.1. The minimum absolute atomic E-state index is 0.000294. The van der Waals surface area contributed by atoms with E-state index < -0.39 is 5.97 Å². The number of aliphatic carboxylic acids is 1. The number of hydrogen-bond acceptors (Lipinski definition) is 3. The Morgan fingerprint density at radius 1 is 1.24 bits per heavy atom. The summed E-state index contributed by atoms with van der Waals surface area (Å²) in [4.78, 5) is 22.5. The van der Waals surface area contributed by atoms with Crippen LogP contribution in [0.2, 0.25) is 0 Å². The number of nitrogens with one attached hydrogen (secondary N) is 2. The number of carboxylic acids is 1. The lowest BCUT2D eigenvalue weighted by atomic mass is 10.1. The quantitative estimate of drug-likeness (QED) is 0.751. The van der Waals surface area contributed by atoms with Crippen LogP contribution >= 0.6 is 0 Å². The largest absolute Gasteiger partial charge is 0.481 e. The van der Waals surface area contributed by atoms with Crippen LogP contribution in [0.1, 0.15) is 34.2 Å². The molecular weight excluding hydrogens is 270 g/mol. The molecule has 0 aliphatic carbocycles. The maximum Gasteiger partial charge on any atom is 0.307 e.